The number of aryl methyl sites for hydroxylation is 1. The molecule has 6 heteroatoms. The summed E-state index contributed by atoms with van der Waals surface area (Å²) in [5.41, 5.74) is 2.62. The van der Waals surface area contributed by atoms with Crippen LogP contribution in [0, 0.1) is 6.92 Å². The highest BCUT2D eigenvalue weighted by Crippen LogP contribution is 2.27. The maximum Gasteiger partial charge on any atom is 0.243 e. The molecule has 1 aromatic heterocycles. The molecule has 0 spiro atoms. The highest BCUT2D eigenvalue weighted by Gasteiger charge is 2.34. The average Bonchev–Trinajstić information content (AvgIpc) is 3.04. The summed E-state index contributed by atoms with van der Waals surface area (Å²) >= 11 is 0. The zero-order valence-corrected chi connectivity index (χ0v) is 13.8. The number of pyridine rings is 1. The van der Waals surface area contributed by atoms with Gasteiger partial charge in [0.25, 0.3) is 0 Å². The third-order valence-corrected chi connectivity index (χ3v) is 6.14. The van der Waals surface area contributed by atoms with Gasteiger partial charge in [0.1, 0.15) is 0 Å². The van der Waals surface area contributed by atoms with Gasteiger partial charge in [-0.05, 0) is 44.0 Å². The van der Waals surface area contributed by atoms with Crippen molar-refractivity contribution in [3.63, 3.8) is 0 Å². The number of hydrogen-bond acceptors (Lipinski definition) is 4. The van der Waals surface area contributed by atoms with Crippen molar-refractivity contribution in [3.05, 3.63) is 48.2 Å². The van der Waals surface area contributed by atoms with Crippen LogP contribution in [0.3, 0.4) is 0 Å². The predicted molar refractivity (Wildman–Crippen MR) is 88.4 cm³/mol. The third-order valence-electron chi connectivity index (χ3n) is 4.18. The van der Waals surface area contributed by atoms with Crippen LogP contribution >= 0.6 is 0 Å². The van der Waals surface area contributed by atoms with Crippen molar-refractivity contribution in [1.29, 1.82) is 0 Å². The lowest BCUT2D eigenvalue weighted by atomic mass is 10.1. The largest absolute Gasteiger partial charge is 0.395 e. The Morgan fingerprint density at radius 3 is 2.61 bits per heavy atom. The minimum atomic E-state index is -3.55. The molecule has 5 nitrogen and oxygen atoms in total. The van der Waals surface area contributed by atoms with E-state index in [0.29, 0.717) is 13.0 Å². The molecule has 0 unspecified atom stereocenters. The first-order valence-corrected chi connectivity index (χ1v) is 9.13. The molecule has 1 saturated heterocycles. The normalized spacial score (nSPS) is 19.1. The molecule has 0 aliphatic carbocycles. The number of rotatable bonds is 4. The Hall–Kier alpha value is -1.76. The van der Waals surface area contributed by atoms with Gasteiger partial charge in [0.05, 0.1) is 17.2 Å². The van der Waals surface area contributed by atoms with Crippen LogP contribution in [0.1, 0.15) is 18.5 Å². The van der Waals surface area contributed by atoms with E-state index >= 15 is 0 Å². The van der Waals surface area contributed by atoms with Crippen LogP contribution in [-0.2, 0) is 10.0 Å². The van der Waals surface area contributed by atoms with Crippen LogP contribution in [0.15, 0.2) is 47.4 Å². The molecule has 23 heavy (non-hydrogen) atoms. The second-order valence-corrected chi connectivity index (χ2v) is 7.67. The summed E-state index contributed by atoms with van der Waals surface area (Å²) in [7, 11) is -3.55. The van der Waals surface area contributed by atoms with Gasteiger partial charge in [-0.2, -0.15) is 4.31 Å². The van der Waals surface area contributed by atoms with Crippen molar-refractivity contribution in [2.45, 2.75) is 30.7 Å². The molecule has 122 valence electrons. The van der Waals surface area contributed by atoms with Gasteiger partial charge in [0, 0.05) is 23.8 Å². The average molecular weight is 332 g/mol. The lowest BCUT2D eigenvalue weighted by Gasteiger charge is -2.22. The van der Waals surface area contributed by atoms with Crippen molar-refractivity contribution < 1.29 is 13.5 Å². The van der Waals surface area contributed by atoms with Gasteiger partial charge in [0.2, 0.25) is 10.0 Å². The van der Waals surface area contributed by atoms with E-state index in [9.17, 15) is 13.5 Å². The monoisotopic (exact) mass is 332 g/mol. The van der Waals surface area contributed by atoms with Gasteiger partial charge in [-0.25, -0.2) is 8.42 Å². The van der Waals surface area contributed by atoms with E-state index in [1.165, 1.54) is 4.31 Å². The molecule has 1 fully saturated rings. The fraction of sp³-hybridized carbons (Fsp3) is 0.353. The van der Waals surface area contributed by atoms with Crippen molar-refractivity contribution in [1.82, 2.24) is 9.29 Å². The van der Waals surface area contributed by atoms with Crippen LogP contribution < -0.4 is 0 Å². The minimum Gasteiger partial charge on any atom is -0.395 e. The quantitative estimate of drug-likeness (QED) is 0.932. The van der Waals surface area contributed by atoms with E-state index in [0.717, 1.165) is 23.4 Å². The highest BCUT2D eigenvalue weighted by molar-refractivity contribution is 7.89. The lowest BCUT2D eigenvalue weighted by Crippen LogP contribution is -2.37. The summed E-state index contributed by atoms with van der Waals surface area (Å²) in [6, 6.07) is 12.2. The Bertz CT molecular complexity index is 788. The SMILES string of the molecule is Cc1cccc(-c2ccc(S(=O)(=O)N3CCC[C@@H]3CO)cc2)n1. The molecule has 0 radical (unpaired) electrons. The van der Waals surface area contributed by atoms with E-state index in [2.05, 4.69) is 4.98 Å². The van der Waals surface area contributed by atoms with E-state index < -0.39 is 10.0 Å². The van der Waals surface area contributed by atoms with Crippen LogP contribution in [-0.4, -0.2) is 42.0 Å². The van der Waals surface area contributed by atoms with Crippen LogP contribution in [0.25, 0.3) is 11.3 Å². The highest BCUT2D eigenvalue weighted by atomic mass is 32.2. The van der Waals surface area contributed by atoms with Gasteiger partial charge in [-0.15, -0.1) is 0 Å². The lowest BCUT2D eigenvalue weighted by molar-refractivity contribution is 0.213. The maximum absolute atomic E-state index is 12.7. The van der Waals surface area contributed by atoms with Crippen LogP contribution in [0.5, 0.6) is 0 Å². The molecule has 1 atom stereocenters. The summed E-state index contributed by atoms with van der Waals surface area (Å²) in [5, 5.41) is 9.35. The Labute approximate surface area is 136 Å². The second-order valence-electron chi connectivity index (χ2n) is 5.78. The molecule has 2 aromatic rings. The van der Waals surface area contributed by atoms with Gasteiger partial charge in [0.15, 0.2) is 0 Å². The summed E-state index contributed by atoms with van der Waals surface area (Å²) in [5.74, 6) is 0. The fourth-order valence-electron chi connectivity index (χ4n) is 2.94. The first kappa shape index (κ1) is 16.1. The first-order valence-electron chi connectivity index (χ1n) is 7.69. The molecule has 2 heterocycles. The zero-order valence-electron chi connectivity index (χ0n) is 13.0. The topological polar surface area (TPSA) is 70.5 Å². The Kier molecular flexibility index (Phi) is 4.48. The van der Waals surface area contributed by atoms with Crippen molar-refractivity contribution in [3.8, 4) is 11.3 Å². The zero-order chi connectivity index (χ0) is 16.4. The molecular formula is C17H20N2O3S. The summed E-state index contributed by atoms with van der Waals surface area (Å²) in [4.78, 5) is 4.70. The van der Waals surface area contributed by atoms with E-state index in [-0.39, 0.29) is 17.5 Å². The number of sulfonamides is 1. The number of benzene rings is 1. The van der Waals surface area contributed by atoms with Crippen LogP contribution in [0.4, 0.5) is 0 Å². The molecular weight excluding hydrogens is 312 g/mol. The van der Waals surface area contributed by atoms with Crippen molar-refractivity contribution in [2.75, 3.05) is 13.2 Å². The van der Waals surface area contributed by atoms with Crippen LogP contribution in [0.2, 0.25) is 0 Å². The van der Waals surface area contributed by atoms with Crippen molar-refractivity contribution >= 4 is 10.0 Å². The molecule has 1 aliphatic rings. The molecule has 0 bridgehead atoms. The Morgan fingerprint density at radius 1 is 1.22 bits per heavy atom. The van der Waals surface area contributed by atoms with E-state index in [1.807, 2.05) is 25.1 Å². The fourth-order valence-corrected chi connectivity index (χ4v) is 4.63. The van der Waals surface area contributed by atoms with Gasteiger partial charge in [-0.3, -0.25) is 4.98 Å². The molecule has 0 amide bonds. The molecule has 1 aliphatic heterocycles. The van der Waals surface area contributed by atoms with Crippen molar-refractivity contribution in [2.24, 2.45) is 0 Å². The Balaban J connectivity index is 1.90. The predicted octanol–water partition coefficient (Wildman–Crippen LogP) is 2.20. The minimum absolute atomic E-state index is 0.134. The smallest absolute Gasteiger partial charge is 0.243 e. The standard InChI is InChI=1S/C17H20N2O3S/c1-13-4-2-6-17(18-13)14-7-9-16(10-8-14)23(21,22)19-11-3-5-15(19)12-20/h2,4,6-10,15,20H,3,5,11-12H2,1H3/t15-/m1/s1. The van der Waals surface area contributed by atoms with E-state index in [1.54, 1.807) is 24.3 Å². The summed E-state index contributed by atoms with van der Waals surface area (Å²) in [6.45, 7) is 2.25. The molecule has 1 N–H and O–H groups in total. The molecule has 1 aromatic carbocycles. The van der Waals surface area contributed by atoms with Gasteiger partial charge >= 0.3 is 0 Å². The number of aliphatic hydroxyl groups is 1. The summed E-state index contributed by atoms with van der Waals surface area (Å²) < 4.78 is 26.8. The number of nitrogens with zero attached hydrogens (tertiary/aromatic N) is 2. The van der Waals surface area contributed by atoms with Gasteiger partial charge in [-0.1, -0.05) is 18.2 Å². The van der Waals surface area contributed by atoms with E-state index in [4.69, 9.17) is 0 Å². The first-order chi connectivity index (χ1) is 11.0. The number of hydrogen-bond donors (Lipinski definition) is 1. The Morgan fingerprint density at radius 2 is 1.96 bits per heavy atom. The molecule has 3 rings (SSSR count). The molecule has 0 saturated carbocycles. The second kappa shape index (κ2) is 6.39. The van der Waals surface area contributed by atoms with Gasteiger partial charge < -0.3 is 5.11 Å². The maximum atomic E-state index is 12.7. The number of aromatic nitrogens is 1. The number of aliphatic hydroxyl groups excluding tert-OH is 1. The third kappa shape index (κ3) is 3.15. The summed E-state index contributed by atoms with van der Waals surface area (Å²) in [6.07, 6.45) is 1.50.